The van der Waals surface area contributed by atoms with Crippen LogP contribution in [0.1, 0.15) is 25.8 Å². The molecule has 0 saturated carbocycles. The summed E-state index contributed by atoms with van der Waals surface area (Å²) in [6.45, 7) is 7.98. The third-order valence-corrected chi connectivity index (χ3v) is 5.08. The molecule has 0 aromatic heterocycles. The molecule has 0 aliphatic carbocycles. The Morgan fingerprint density at radius 2 is 2.29 bits per heavy atom. The van der Waals surface area contributed by atoms with E-state index in [0.29, 0.717) is 13.1 Å². The van der Waals surface area contributed by atoms with Gasteiger partial charge in [0.05, 0.1) is 18.7 Å². The smallest absolute Gasteiger partial charge is 0.191 e. The molecule has 1 fully saturated rings. The summed E-state index contributed by atoms with van der Waals surface area (Å²) >= 11 is 1.79. The van der Waals surface area contributed by atoms with Crippen LogP contribution < -0.4 is 15.4 Å². The molecule has 0 radical (unpaired) electrons. The average molecular weight is 352 g/mol. The molecule has 1 aliphatic rings. The standard InChI is InChI=1S/C18H29N3O2S/c1-4-19-17(21-12-18(22)8-9-24-13-18)20-11-15(3)23-16-7-5-6-14(2)10-16/h5-7,10,15,22H,4,8-9,11-13H2,1-3H3,(H2,19,20,21). The van der Waals surface area contributed by atoms with Gasteiger partial charge in [-0.3, -0.25) is 4.99 Å². The van der Waals surface area contributed by atoms with Crippen molar-refractivity contribution in [3.8, 4) is 5.75 Å². The molecule has 0 spiro atoms. The number of aliphatic imine (C=N–C) groups is 1. The summed E-state index contributed by atoms with van der Waals surface area (Å²) < 4.78 is 5.92. The SMILES string of the molecule is CCNC(=NCC1(O)CCSC1)NCC(C)Oc1cccc(C)c1. The molecule has 6 heteroatoms. The summed E-state index contributed by atoms with van der Waals surface area (Å²) in [5.74, 6) is 3.38. The predicted octanol–water partition coefficient (Wildman–Crippen LogP) is 2.19. The monoisotopic (exact) mass is 351 g/mol. The fraction of sp³-hybridized carbons (Fsp3) is 0.611. The first kappa shape index (κ1) is 18.9. The van der Waals surface area contributed by atoms with E-state index in [9.17, 15) is 5.11 Å². The summed E-state index contributed by atoms with van der Waals surface area (Å²) in [5.41, 5.74) is 0.529. The van der Waals surface area contributed by atoms with Gasteiger partial charge in [0.2, 0.25) is 0 Å². The molecule has 1 heterocycles. The Balaban J connectivity index is 1.83. The molecular formula is C18H29N3O2S. The number of aryl methyl sites for hydroxylation is 1. The van der Waals surface area contributed by atoms with Crippen LogP contribution in [0.25, 0.3) is 0 Å². The topological polar surface area (TPSA) is 65.9 Å². The van der Waals surface area contributed by atoms with Crippen LogP contribution in [0.4, 0.5) is 0 Å². The highest BCUT2D eigenvalue weighted by atomic mass is 32.2. The zero-order chi connectivity index (χ0) is 17.4. The van der Waals surface area contributed by atoms with Crippen LogP contribution in [0, 0.1) is 6.92 Å². The number of ether oxygens (including phenoxy) is 1. The number of nitrogens with one attached hydrogen (secondary N) is 2. The largest absolute Gasteiger partial charge is 0.489 e. The third kappa shape index (κ3) is 6.24. The number of hydrogen-bond donors (Lipinski definition) is 3. The Labute approximate surface area is 149 Å². The summed E-state index contributed by atoms with van der Waals surface area (Å²) in [4.78, 5) is 4.54. The van der Waals surface area contributed by atoms with Crippen LogP contribution in [0.15, 0.2) is 29.3 Å². The van der Waals surface area contributed by atoms with Crippen molar-refractivity contribution in [1.29, 1.82) is 0 Å². The third-order valence-electron chi connectivity index (χ3n) is 3.84. The van der Waals surface area contributed by atoms with Gasteiger partial charge in [-0.1, -0.05) is 12.1 Å². The van der Waals surface area contributed by atoms with Gasteiger partial charge in [0.1, 0.15) is 11.9 Å². The second-order valence-corrected chi connectivity index (χ2v) is 7.45. The van der Waals surface area contributed by atoms with E-state index in [0.717, 1.165) is 36.2 Å². The van der Waals surface area contributed by atoms with Crippen LogP contribution in [0.3, 0.4) is 0 Å². The minimum atomic E-state index is -0.656. The summed E-state index contributed by atoms with van der Waals surface area (Å²) in [7, 11) is 0. The molecule has 2 rings (SSSR count). The van der Waals surface area contributed by atoms with Gasteiger partial charge in [-0.15, -0.1) is 0 Å². The average Bonchev–Trinajstić information content (AvgIpc) is 2.97. The Morgan fingerprint density at radius 1 is 1.46 bits per heavy atom. The normalized spacial score (nSPS) is 22.2. The highest BCUT2D eigenvalue weighted by Gasteiger charge is 2.31. The fourth-order valence-corrected chi connectivity index (χ4v) is 3.78. The summed E-state index contributed by atoms with van der Waals surface area (Å²) in [6.07, 6.45) is 0.828. The van der Waals surface area contributed by atoms with Crippen molar-refractivity contribution in [3.63, 3.8) is 0 Å². The molecule has 1 saturated heterocycles. The van der Waals surface area contributed by atoms with Gasteiger partial charge in [-0.05, 0) is 50.6 Å². The van der Waals surface area contributed by atoms with Crippen molar-refractivity contribution in [2.45, 2.75) is 38.9 Å². The van der Waals surface area contributed by atoms with Gasteiger partial charge in [-0.25, -0.2) is 0 Å². The predicted molar refractivity (Wildman–Crippen MR) is 102 cm³/mol. The van der Waals surface area contributed by atoms with E-state index in [1.807, 2.05) is 32.0 Å². The molecule has 0 amide bonds. The molecule has 2 unspecified atom stereocenters. The molecular weight excluding hydrogens is 322 g/mol. The van der Waals surface area contributed by atoms with Crippen LogP contribution in [0.2, 0.25) is 0 Å². The van der Waals surface area contributed by atoms with Crippen molar-refractivity contribution in [2.24, 2.45) is 4.99 Å². The Kier molecular flexibility index (Phi) is 7.24. The van der Waals surface area contributed by atoms with E-state index >= 15 is 0 Å². The van der Waals surface area contributed by atoms with Gasteiger partial charge in [0.25, 0.3) is 0 Å². The summed E-state index contributed by atoms with van der Waals surface area (Å²) in [5, 5.41) is 16.9. The number of guanidine groups is 1. The van der Waals surface area contributed by atoms with Gasteiger partial charge < -0.3 is 20.5 Å². The molecule has 5 nitrogen and oxygen atoms in total. The van der Waals surface area contributed by atoms with Crippen LogP contribution in [-0.4, -0.2) is 53.9 Å². The Bertz CT molecular complexity index is 545. The van der Waals surface area contributed by atoms with E-state index in [-0.39, 0.29) is 6.10 Å². The van der Waals surface area contributed by atoms with Crippen molar-refractivity contribution in [2.75, 3.05) is 31.1 Å². The maximum absolute atomic E-state index is 10.4. The molecule has 3 N–H and O–H groups in total. The van der Waals surface area contributed by atoms with Crippen molar-refractivity contribution >= 4 is 17.7 Å². The first-order valence-electron chi connectivity index (χ1n) is 8.56. The molecule has 1 aromatic carbocycles. The first-order chi connectivity index (χ1) is 11.5. The Morgan fingerprint density at radius 3 is 2.96 bits per heavy atom. The number of aliphatic hydroxyl groups is 1. The molecule has 1 aliphatic heterocycles. The van der Waals surface area contributed by atoms with Crippen LogP contribution in [0.5, 0.6) is 5.75 Å². The quantitative estimate of drug-likeness (QED) is 0.519. The van der Waals surface area contributed by atoms with E-state index in [4.69, 9.17) is 4.74 Å². The van der Waals surface area contributed by atoms with Crippen molar-refractivity contribution < 1.29 is 9.84 Å². The minimum Gasteiger partial charge on any atom is -0.489 e. The van der Waals surface area contributed by atoms with Crippen LogP contribution in [-0.2, 0) is 0 Å². The Hall–Kier alpha value is -1.40. The van der Waals surface area contributed by atoms with Crippen molar-refractivity contribution in [3.05, 3.63) is 29.8 Å². The van der Waals surface area contributed by atoms with Gasteiger partial charge in [0.15, 0.2) is 5.96 Å². The number of hydrogen-bond acceptors (Lipinski definition) is 4. The number of thioether (sulfide) groups is 1. The maximum Gasteiger partial charge on any atom is 0.191 e. The van der Waals surface area contributed by atoms with Gasteiger partial charge in [0, 0.05) is 12.3 Å². The lowest BCUT2D eigenvalue weighted by molar-refractivity contribution is 0.0778. The van der Waals surface area contributed by atoms with Crippen LogP contribution >= 0.6 is 11.8 Å². The van der Waals surface area contributed by atoms with E-state index < -0.39 is 5.60 Å². The highest BCUT2D eigenvalue weighted by Crippen LogP contribution is 2.27. The lowest BCUT2D eigenvalue weighted by atomic mass is 10.1. The lowest BCUT2D eigenvalue weighted by Gasteiger charge is -2.21. The van der Waals surface area contributed by atoms with E-state index in [2.05, 4.69) is 28.6 Å². The fourth-order valence-electron chi connectivity index (χ4n) is 2.49. The van der Waals surface area contributed by atoms with E-state index in [1.165, 1.54) is 5.56 Å². The van der Waals surface area contributed by atoms with E-state index in [1.54, 1.807) is 11.8 Å². The first-order valence-corrected chi connectivity index (χ1v) is 9.72. The number of nitrogens with zero attached hydrogens (tertiary/aromatic N) is 1. The lowest BCUT2D eigenvalue weighted by Crippen LogP contribution is -2.43. The van der Waals surface area contributed by atoms with Crippen molar-refractivity contribution in [1.82, 2.24) is 10.6 Å². The minimum absolute atomic E-state index is 0.0146. The molecule has 134 valence electrons. The van der Waals surface area contributed by atoms with Gasteiger partial charge in [-0.2, -0.15) is 11.8 Å². The highest BCUT2D eigenvalue weighted by molar-refractivity contribution is 7.99. The molecule has 24 heavy (non-hydrogen) atoms. The number of rotatable bonds is 7. The van der Waals surface area contributed by atoms with Gasteiger partial charge >= 0.3 is 0 Å². The molecule has 2 atom stereocenters. The second kappa shape index (κ2) is 9.18. The zero-order valence-electron chi connectivity index (χ0n) is 14.8. The summed E-state index contributed by atoms with van der Waals surface area (Å²) in [6, 6.07) is 8.05. The zero-order valence-corrected chi connectivity index (χ0v) is 15.7. The number of benzene rings is 1. The maximum atomic E-state index is 10.4. The molecule has 1 aromatic rings. The molecule has 0 bridgehead atoms. The second-order valence-electron chi connectivity index (χ2n) is 6.35.